The normalized spacial score (nSPS) is 11.7. The van der Waals surface area contributed by atoms with Gasteiger partial charge in [0.1, 0.15) is 5.75 Å². The van der Waals surface area contributed by atoms with Crippen molar-refractivity contribution in [2.24, 2.45) is 5.73 Å². The fourth-order valence-electron chi connectivity index (χ4n) is 2.30. The number of hydrogen-bond acceptors (Lipinski definition) is 3. The summed E-state index contributed by atoms with van der Waals surface area (Å²) in [4.78, 5) is 11.2. The van der Waals surface area contributed by atoms with Gasteiger partial charge in [0.25, 0.3) is 0 Å². The van der Waals surface area contributed by atoms with Gasteiger partial charge in [-0.2, -0.15) is 0 Å². The molecule has 4 heteroatoms. The number of ether oxygens (including phenoxy) is 1. The molecule has 1 amide bonds. The Morgan fingerprint density at radius 3 is 2.71 bits per heavy atom. The van der Waals surface area contributed by atoms with Crippen LogP contribution in [0.3, 0.4) is 0 Å². The van der Waals surface area contributed by atoms with Crippen molar-refractivity contribution in [3.63, 3.8) is 0 Å². The summed E-state index contributed by atoms with van der Waals surface area (Å²) in [5.41, 5.74) is 7.82. The number of methoxy groups -OCH3 is 1. The lowest BCUT2D eigenvalue weighted by Gasteiger charge is -2.17. The number of anilines is 1. The van der Waals surface area contributed by atoms with Gasteiger partial charge >= 0.3 is 0 Å². The minimum absolute atomic E-state index is 0.199. The fourth-order valence-corrected chi connectivity index (χ4v) is 2.30. The van der Waals surface area contributed by atoms with Crippen molar-refractivity contribution in [2.45, 2.75) is 19.4 Å². The molecular weight excluding hydrogens is 264 g/mol. The van der Waals surface area contributed by atoms with Gasteiger partial charge in [0, 0.05) is 17.3 Å². The number of hydrogen-bond donors (Lipinski definition) is 2. The summed E-state index contributed by atoms with van der Waals surface area (Å²) in [6.45, 7) is 2.09. The largest absolute Gasteiger partial charge is 0.496 e. The van der Waals surface area contributed by atoms with Crippen LogP contribution in [0.2, 0.25) is 0 Å². The van der Waals surface area contributed by atoms with Crippen molar-refractivity contribution < 1.29 is 9.53 Å². The Kier molecular flexibility index (Phi) is 4.82. The summed E-state index contributed by atoms with van der Waals surface area (Å²) >= 11 is 0. The van der Waals surface area contributed by atoms with Crippen LogP contribution < -0.4 is 15.8 Å². The highest BCUT2D eigenvalue weighted by Gasteiger charge is 2.09. The number of carbonyl (C=O) groups is 1. The van der Waals surface area contributed by atoms with E-state index in [1.807, 2.05) is 30.3 Å². The van der Waals surface area contributed by atoms with Crippen molar-refractivity contribution in [2.75, 3.05) is 12.4 Å². The first kappa shape index (κ1) is 14.9. The van der Waals surface area contributed by atoms with E-state index < -0.39 is 5.91 Å². The average molecular weight is 284 g/mol. The van der Waals surface area contributed by atoms with Crippen LogP contribution in [0.5, 0.6) is 5.75 Å². The van der Waals surface area contributed by atoms with E-state index in [1.165, 1.54) is 0 Å². The molecule has 0 saturated heterocycles. The molecule has 0 aromatic heterocycles. The summed E-state index contributed by atoms with van der Waals surface area (Å²) < 4.78 is 5.36. The monoisotopic (exact) mass is 284 g/mol. The molecule has 4 nitrogen and oxygen atoms in total. The third kappa shape index (κ3) is 3.99. The second kappa shape index (κ2) is 6.79. The molecule has 0 saturated carbocycles. The van der Waals surface area contributed by atoms with Crippen molar-refractivity contribution in [1.82, 2.24) is 0 Å². The van der Waals surface area contributed by atoms with E-state index >= 15 is 0 Å². The third-order valence-electron chi connectivity index (χ3n) is 3.28. The molecule has 0 aliphatic rings. The lowest BCUT2D eigenvalue weighted by molar-refractivity contribution is 0.100. The Hall–Kier alpha value is -2.49. The number of primary amides is 1. The van der Waals surface area contributed by atoms with Crippen molar-refractivity contribution in [1.29, 1.82) is 0 Å². The molecule has 2 aromatic carbocycles. The van der Waals surface area contributed by atoms with Gasteiger partial charge in [-0.25, -0.2) is 0 Å². The van der Waals surface area contributed by atoms with Gasteiger partial charge < -0.3 is 15.8 Å². The predicted molar refractivity (Wildman–Crippen MR) is 84.7 cm³/mol. The van der Waals surface area contributed by atoms with E-state index in [0.717, 1.165) is 23.4 Å². The van der Waals surface area contributed by atoms with Crippen molar-refractivity contribution in [3.8, 4) is 5.75 Å². The first-order valence-electron chi connectivity index (χ1n) is 6.88. The Balaban J connectivity index is 2.06. The Bertz CT molecular complexity index is 626. The lowest BCUT2D eigenvalue weighted by Crippen LogP contribution is -2.19. The molecule has 2 aromatic rings. The standard InChI is InChI=1S/C17H20N2O2/c1-12(10-13-6-3-4-9-16(13)21-2)19-15-8-5-7-14(11-15)17(18)20/h3-9,11-12,19H,10H2,1-2H3,(H2,18,20). The van der Waals surface area contributed by atoms with Crippen LogP contribution in [0.4, 0.5) is 5.69 Å². The molecule has 0 aliphatic heterocycles. The number of amides is 1. The Labute approximate surface area is 124 Å². The van der Waals surface area contributed by atoms with E-state index in [9.17, 15) is 4.79 Å². The number of para-hydroxylation sites is 1. The molecule has 0 aliphatic carbocycles. The van der Waals surface area contributed by atoms with Crippen LogP contribution >= 0.6 is 0 Å². The average Bonchev–Trinajstić information content (AvgIpc) is 2.48. The van der Waals surface area contributed by atoms with Crippen molar-refractivity contribution >= 4 is 11.6 Å². The van der Waals surface area contributed by atoms with E-state index in [-0.39, 0.29) is 6.04 Å². The third-order valence-corrected chi connectivity index (χ3v) is 3.28. The second-order valence-corrected chi connectivity index (χ2v) is 5.01. The smallest absolute Gasteiger partial charge is 0.248 e. The molecule has 0 fully saturated rings. The van der Waals surface area contributed by atoms with Gasteiger partial charge in [0.2, 0.25) is 5.91 Å². The van der Waals surface area contributed by atoms with Crippen LogP contribution in [0.15, 0.2) is 48.5 Å². The number of rotatable bonds is 6. The van der Waals surface area contributed by atoms with E-state index in [4.69, 9.17) is 10.5 Å². The molecule has 1 unspecified atom stereocenters. The maximum Gasteiger partial charge on any atom is 0.248 e. The molecule has 1 atom stereocenters. The zero-order chi connectivity index (χ0) is 15.2. The van der Waals surface area contributed by atoms with Gasteiger partial charge in [0.05, 0.1) is 7.11 Å². The Morgan fingerprint density at radius 1 is 1.24 bits per heavy atom. The van der Waals surface area contributed by atoms with Gasteiger partial charge in [-0.3, -0.25) is 4.79 Å². The quantitative estimate of drug-likeness (QED) is 0.857. The summed E-state index contributed by atoms with van der Waals surface area (Å²) in [6.07, 6.45) is 0.824. The van der Waals surface area contributed by atoms with E-state index in [0.29, 0.717) is 5.56 Å². The molecular formula is C17H20N2O2. The molecule has 0 heterocycles. The van der Waals surface area contributed by atoms with Crippen LogP contribution in [-0.4, -0.2) is 19.1 Å². The maximum absolute atomic E-state index is 11.2. The number of nitrogens with two attached hydrogens (primary N) is 1. The molecule has 0 radical (unpaired) electrons. The van der Waals surface area contributed by atoms with Gasteiger partial charge in [-0.05, 0) is 43.2 Å². The highest BCUT2D eigenvalue weighted by atomic mass is 16.5. The zero-order valence-electron chi connectivity index (χ0n) is 12.3. The molecule has 21 heavy (non-hydrogen) atoms. The second-order valence-electron chi connectivity index (χ2n) is 5.01. The number of benzene rings is 2. The van der Waals surface area contributed by atoms with Gasteiger partial charge in [-0.1, -0.05) is 24.3 Å². The fraction of sp³-hybridized carbons (Fsp3) is 0.235. The summed E-state index contributed by atoms with van der Waals surface area (Å²) in [5, 5.41) is 3.37. The van der Waals surface area contributed by atoms with Gasteiger partial charge in [0.15, 0.2) is 0 Å². The lowest BCUT2D eigenvalue weighted by atomic mass is 10.1. The number of carbonyl (C=O) groups excluding carboxylic acids is 1. The summed E-state index contributed by atoms with van der Waals surface area (Å²) in [7, 11) is 1.67. The first-order chi connectivity index (χ1) is 10.1. The molecule has 3 N–H and O–H groups in total. The van der Waals surface area contributed by atoms with Crippen LogP contribution in [0, 0.1) is 0 Å². The SMILES string of the molecule is COc1ccccc1CC(C)Nc1cccc(C(N)=O)c1. The maximum atomic E-state index is 11.2. The Morgan fingerprint density at radius 2 is 2.00 bits per heavy atom. The number of nitrogens with one attached hydrogen (secondary N) is 1. The topological polar surface area (TPSA) is 64.3 Å². The molecule has 110 valence electrons. The zero-order valence-corrected chi connectivity index (χ0v) is 12.3. The van der Waals surface area contributed by atoms with E-state index in [1.54, 1.807) is 19.2 Å². The summed E-state index contributed by atoms with van der Waals surface area (Å²) in [5.74, 6) is 0.466. The highest BCUT2D eigenvalue weighted by Crippen LogP contribution is 2.20. The van der Waals surface area contributed by atoms with Gasteiger partial charge in [-0.15, -0.1) is 0 Å². The van der Waals surface area contributed by atoms with Crippen molar-refractivity contribution in [3.05, 3.63) is 59.7 Å². The first-order valence-corrected chi connectivity index (χ1v) is 6.88. The molecule has 2 rings (SSSR count). The molecule has 0 spiro atoms. The predicted octanol–water partition coefficient (Wildman–Crippen LogP) is 2.84. The minimum atomic E-state index is -0.420. The van der Waals surface area contributed by atoms with Crippen LogP contribution in [0.25, 0.3) is 0 Å². The van der Waals surface area contributed by atoms with E-state index in [2.05, 4.69) is 18.3 Å². The highest BCUT2D eigenvalue weighted by molar-refractivity contribution is 5.93. The van der Waals surface area contributed by atoms with Crippen LogP contribution in [0.1, 0.15) is 22.8 Å². The molecule has 0 bridgehead atoms. The summed E-state index contributed by atoms with van der Waals surface area (Å²) in [6, 6.07) is 15.4. The minimum Gasteiger partial charge on any atom is -0.496 e. The van der Waals surface area contributed by atoms with Crippen LogP contribution in [-0.2, 0) is 6.42 Å².